The van der Waals surface area contributed by atoms with Crippen LogP contribution in [-0.2, 0) is 0 Å². The normalized spacial score (nSPS) is 11.7. The molecule has 0 fully saturated rings. The largest absolute Gasteiger partial charge is 0.369 e. The van der Waals surface area contributed by atoms with E-state index in [0.717, 1.165) is 65.9 Å². The number of benzene rings is 2. The van der Waals surface area contributed by atoms with Gasteiger partial charge in [-0.25, -0.2) is 18.7 Å². The zero-order chi connectivity index (χ0) is 21.5. The Labute approximate surface area is 184 Å². The molecule has 0 aliphatic heterocycles. The van der Waals surface area contributed by atoms with Crippen molar-refractivity contribution in [3.8, 4) is 0 Å². The van der Waals surface area contributed by atoms with Crippen LogP contribution in [0.1, 0.15) is 31.7 Å². The van der Waals surface area contributed by atoms with E-state index in [2.05, 4.69) is 50.0 Å². The maximum absolute atomic E-state index is 13.4. The van der Waals surface area contributed by atoms with Crippen molar-refractivity contribution in [2.45, 2.75) is 20.3 Å². The molecule has 2 aromatic carbocycles. The number of nitrogens with zero attached hydrogens (tertiary/aromatic N) is 3. The summed E-state index contributed by atoms with van der Waals surface area (Å²) in [6.07, 6.45) is 4.38. The van der Waals surface area contributed by atoms with Gasteiger partial charge in [0.2, 0.25) is 0 Å². The molecule has 3 rings (SSSR count). The number of nitrogens with one attached hydrogen (secondary N) is 1. The Morgan fingerprint density at radius 2 is 1.80 bits per heavy atom. The van der Waals surface area contributed by atoms with E-state index in [4.69, 9.17) is 0 Å². The van der Waals surface area contributed by atoms with Gasteiger partial charge in [0.1, 0.15) is 5.82 Å². The van der Waals surface area contributed by atoms with E-state index in [9.17, 15) is 8.78 Å². The summed E-state index contributed by atoms with van der Waals surface area (Å²) in [7, 11) is 0. The van der Waals surface area contributed by atoms with E-state index in [-0.39, 0.29) is 0 Å². The molecule has 0 radical (unpaired) electrons. The first-order valence-corrected chi connectivity index (χ1v) is 10.9. The van der Waals surface area contributed by atoms with Gasteiger partial charge in [0, 0.05) is 16.4 Å². The first-order valence-electron chi connectivity index (χ1n) is 10.1. The SMILES string of the molecule is CCN(CC)CCCNc1nc(/C=C/c2ccc(F)c(F)c2)nc2ccc(Br)cc12. The second-order valence-corrected chi connectivity index (χ2v) is 7.82. The fraction of sp³-hybridized carbons (Fsp3) is 0.304. The number of fused-ring (bicyclic) bond motifs is 1. The molecule has 4 nitrogen and oxygen atoms in total. The molecule has 0 bridgehead atoms. The van der Waals surface area contributed by atoms with Crippen molar-refractivity contribution >= 4 is 44.8 Å². The lowest BCUT2D eigenvalue weighted by molar-refractivity contribution is 0.303. The Bertz CT molecular complexity index is 1040. The molecule has 0 aliphatic rings. The summed E-state index contributed by atoms with van der Waals surface area (Å²) in [5.41, 5.74) is 1.35. The number of anilines is 1. The Morgan fingerprint density at radius 3 is 2.53 bits per heavy atom. The molecule has 0 aliphatic carbocycles. The first kappa shape index (κ1) is 22.3. The molecule has 0 amide bonds. The van der Waals surface area contributed by atoms with Crippen molar-refractivity contribution < 1.29 is 8.78 Å². The molecule has 0 atom stereocenters. The minimum absolute atomic E-state index is 0.501. The monoisotopic (exact) mass is 474 g/mol. The summed E-state index contributed by atoms with van der Waals surface area (Å²) in [4.78, 5) is 11.6. The summed E-state index contributed by atoms with van der Waals surface area (Å²) in [5, 5.41) is 4.36. The highest BCUT2D eigenvalue weighted by molar-refractivity contribution is 9.10. The molecular weight excluding hydrogens is 450 g/mol. The van der Waals surface area contributed by atoms with E-state index in [1.54, 1.807) is 12.2 Å². The summed E-state index contributed by atoms with van der Waals surface area (Å²) in [6, 6.07) is 9.62. The maximum Gasteiger partial charge on any atom is 0.159 e. The predicted molar refractivity (Wildman–Crippen MR) is 123 cm³/mol. The fourth-order valence-electron chi connectivity index (χ4n) is 3.16. The average Bonchev–Trinajstić information content (AvgIpc) is 2.75. The summed E-state index contributed by atoms with van der Waals surface area (Å²) in [5.74, 6) is -0.487. The number of hydrogen-bond donors (Lipinski definition) is 1. The predicted octanol–water partition coefficient (Wildman–Crippen LogP) is 5.98. The van der Waals surface area contributed by atoms with Crippen LogP contribution >= 0.6 is 15.9 Å². The van der Waals surface area contributed by atoms with Gasteiger partial charge in [0.25, 0.3) is 0 Å². The van der Waals surface area contributed by atoms with Crippen molar-refractivity contribution in [3.63, 3.8) is 0 Å². The molecular formula is C23H25BrF2N4. The Balaban J connectivity index is 1.82. The third kappa shape index (κ3) is 5.83. The maximum atomic E-state index is 13.4. The summed E-state index contributed by atoms with van der Waals surface area (Å²) in [6.45, 7) is 8.23. The van der Waals surface area contributed by atoms with E-state index >= 15 is 0 Å². The van der Waals surface area contributed by atoms with Crippen LogP contribution < -0.4 is 5.32 Å². The zero-order valence-electron chi connectivity index (χ0n) is 17.1. The quantitative estimate of drug-likeness (QED) is 0.387. The van der Waals surface area contributed by atoms with E-state index in [1.165, 1.54) is 6.07 Å². The molecule has 1 N–H and O–H groups in total. The Morgan fingerprint density at radius 1 is 1.00 bits per heavy atom. The second-order valence-electron chi connectivity index (χ2n) is 6.91. The van der Waals surface area contributed by atoms with Gasteiger partial charge >= 0.3 is 0 Å². The smallest absolute Gasteiger partial charge is 0.159 e. The molecule has 158 valence electrons. The van der Waals surface area contributed by atoms with Crippen molar-refractivity contribution in [2.24, 2.45) is 0 Å². The van der Waals surface area contributed by atoms with Gasteiger partial charge in [0.05, 0.1) is 5.52 Å². The summed E-state index contributed by atoms with van der Waals surface area (Å²) >= 11 is 3.51. The van der Waals surface area contributed by atoms with E-state index in [0.29, 0.717) is 11.4 Å². The van der Waals surface area contributed by atoms with Gasteiger partial charge < -0.3 is 10.2 Å². The van der Waals surface area contributed by atoms with E-state index < -0.39 is 11.6 Å². The van der Waals surface area contributed by atoms with Crippen LogP contribution in [-0.4, -0.2) is 41.0 Å². The molecule has 7 heteroatoms. The zero-order valence-corrected chi connectivity index (χ0v) is 18.7. The lowest BCUT2D eigenvalue weighted by atomic mass is 10.2. The van der Waals surface area contributed by atoms with Gasteiger partial charge in [-0.05, 0) is 68.0 Å². The summed E-state index contributed by atoms with van der Waals surface area (Å²) < 4.78 is 27.5. The van der Waals surface area contributed by atoms with Gasteiger partial charge in [-0.2, -0.15) is 0 Å². The number of hydrogen-bond acceptors (Lipinski definition) is 4. The molecule has 0 saturated heterocycles. The lowest BCUT2D eigenvalue weighted by Gasteiger charge is -2.18. The third-order valence-corrected chi connectivity index (χ3v) is 5.37. The molecule has 0 saturated carbocycles. The standard InChI is InChI=1S/C23H25BrF2N4/c1-3-30(4-2)13-5-12-27-23-18-15-17(24)8-10-21(18)28-22(29-23)11-7-16-6-9-19(25)20(26)14-16/h6-11,14-15H,3-5,12-13H2,1-2H3,(H,27,28,29)/b11-7+. The number of halogens is 3. The van der Waals surface area contributed by atoms with Crippen LogP contribution in [0.3, 0.4) is 0 Å². The Kier molecular flexibility index (Phi) is 7.87. The Hall–Kier alpha value is -2.38. The number of rotatable bonds is 9. The van der Waals surface area contributed by atoms with Crippen molar-refractivity contribution in [1.29, 1.82) is 0 Å². The van der Waals surface area contributed by atoms with Crippen LogP contribution in [0.2, 0.25) is 0 Å². The van der Waals surface area contributed by atoms with Crippen LogP contribution in [0.15, 0.2) is 40.9 Å². The molecule has 1 aromatic heterocycles. The molecule has 3 aromatic rings. The minimum atomic E-state index is -0.878. The van der Waals surface area contributed by atoms with Crippen LogP contribution in [0.5, 0.6) is 0 Å². The fourth-order valence-corrected chi connectivity index (χ4v) is 3.53. The van der Waals surface area contributed by atoms with Gasteiger partial charge in [-0.3, -0.25) is 0 Å². The van der Waals surface area contributed by atoms with Crippen molar-refractivity contribution in [1.82, 2.24) is 14.9 Å². The van der Waals surface area contributed by atoms with Crippen molar-refractivity contribution in [2.75, 3.05) is 31.5 Å². The minimum Gasteiger partial charge on any atom is -0.369 e. The van der Waals surface area contributed by atoms with E-state index in [1.807, 2.05) is 18.2 Å². The van der Waals surface area contributed by atoms with Gasteiger partial charge in [-0.1, -0.05) is 41.9 Å². The van der Waals surface area contributed by atoms with Crippen LogP contribution in [0.4, 0.5) is 14.6 Å². The molecule has 1 heterocycles. The molecule has 0 unspecified atom stereocenters. The highest BCUT2D eigenvalue weighted by Crippen LogP contribution is 2.25. The average molecular weight is 475 g/mol. The van der Waals surface area contributed by atoms with Gasteiger partial charge in [0.15, 0.2) is 17.5 Å². The topological polar surface area (TPSA) is 41.0 Å². The number of aromatic nitrogens is 2. The van der Waals surface area contributed by atoms with Crippen LogP contribution in [0.25, 0.3) is 23.1 Å². The highest BCUT2D eigenvalue weighted by atomic mass is 79.9. The van der Waals surface area contributed by atoms with Crippen molar-refractivity contribution in [3.05, 3.63) is 63.9 Å². The first-order chi connectivity index (χ1) is 14.5. The molecule has 30 heavy (non-hydrogen) atoms. The lowest BCUT2D eigenvalue weighted by Crippen LogP contribution is -2.25. The van der Waals surface area contributed by atoms with Gasteiger partial charge in [-0.15, -0.1) is 0 Å². The highest BCUT2D eigenvalue weighted by Gasteiger charge is 2.08. The second kappa shape index (κ2) is 10.6. The molecule has 0 spiro atoms. The third-order valence-electron chi connectivity index (χ3n) is 4.88. The van der Waals surface area contributed by atoms with Crippen LogP contribution in [0, 0.1) is 11.6 Å².